The zero-order chi connectivity index (χ0) is 14.7. The standard InChI is InChI=1S/C14H20FN3O2/c1-18(2)9-4-5-10(11(15)6-9)14(19)17-12-7-16-8-13(12)20-3/h4-6,12-13,16H,7-8H2,1-3H3,(H,17,19). The van der Waals surface area contributed by atoms with Crippen LogP contribution in [0.5, 0.6) is 0 Å². The van der Waals surface area contributed by atoms with Crippen molar-refractivity contribution in [2.45, 2.75) is 12.1 Å². The number of amides is 1. The molecular formula is C14H20FN3O2. The van der Waals surface area contributed by atoms with Gasteiger partial charge in [0.15, 0.2) is 0 Å². The maximum atomic E-state index is 14.0. The highest BCUT2D eigenvalue weighted by Gasteiger charge is 2.29. The zero-order valence-corrected chi connectivity index (χ0v) is 11.9. The first kappa shape index (κ1) is 14.7. The van der Waals surface area contributed by atoms with Crippen molar-refractivity contribution in [1.82, 2.24) is 10.6 Å². The Morgan fingerprint density at radius 1 is 1.45 bits per heavy atom. The van der Waals surface area contributed by atoms with Gasteiger partial charge in [-0.1, -0.05) is 0 Å². The molecule has 110 valence electrons. The monoisotopic (exact) mass is 281 g/mol. The highest BCUT2D eigenvalue weighted by molar-refractivity contribution is 5.95. The number of ether oxygens (including phenoxy) is 1. The first-order valence-electron chi connectivity index (χ1n) is 6.54. The van der Waals surface area contributed by atoms with E-state index < -0.39 is 11.7 Å². The summed E-state index contributed by atoms with van der Waals surface area (Å²) in [5.74, 6) is -0.933. The summed E-state index contributed by atoms with van der Waals surface area (Å²) >= 11 is 0. The maximum Gasteiger partial charge on any atom is 0.254 e. The molecule has 0 radical (unpaired) electrons. The Kier molecular flexibility index (Phi) is 4.57. The van der Waals surface area contributed by atoms with E-state index in [2.05, 4.69) is 10.6 Å². The molecule has 2 rings (SSSR count). The van der Waals surface area contributed by atoms with E-state index in [1.165, 1.54) is 12.1 Å². The molecule has 0 saturated carbocycles. The third-order valence-corrected chi connectivity index (χ3v) is 3.49. The normalized spacial score (nSPS) is 21.8. The van der Waals surface area contributed by atoms with Crippen molar-refractivity contribution < 1.29 is 13.9 Å². The van der Waals surface area contributed by atoms with Crippen LogP contribution in [0.15, 0.2) is 18.2 Å². The van der Waals surface area contributed by atoms with Gasteiger partial charge >= 0.3 is 0 Å². The fraction of sp³-hybridized carbons (Fsp3) is 0.500. The molecule has 5 nitrogen and oxygen atoms in total. The Hall–Kier alpha value is -1.66. The number of hydrogen-bond acceptors (Lipinski definition) is 4. The minimum atomic E-state index is -0.520. The average molecular weight is 281 g/mol. The quantitative estimate of drug-likeness (QED) is 0.849. The van der Waals surface area contributed by atoms with Gasteiger partial charge in [0.05, 0.1) is 17.7 Å². The molecule has 2 unspecified atom stereocenters. The van der Waals surface area contributed by atoms with Crippen LogP contribution in [-0.2, 0) is 4.74 Å². The van der Waals surface area contributed by atoms with Crippen molar-refractivity contribution in [2.75, 3.05) is 39.2 Å². The number of methoxy groups -OCH3 is 1. The van der Waals surface area contributed by atoms with Crippen LogP contribution < -0.4 is 15.5 Å². The molecule has 6 heteroatoms. The van der Waals surface area contributed by atoms with E-state index in [0.29, 0.717) is 13.1 Å². The van der Waals surface area contributed by atoms with Gasteiger partial charge < -0.3 is 20.3 Å². The Labute approximate surface area is 118 Å². The van der Waals surface area contributed by atoms with Crippen molar-refractivity contribution in [2.24, 2.45) is 0 Å². The summed E-state index contributed by atoms with van der Waals surface area (Å²) in [7, 11) is 5.24. The van der Waals surface area contributed by atoms with E-state index in [-0.39, 0.29) is 17.7 Å². The predicted molar refractivity (Wildman–Crippen MR) is 75.6 cm³/mol. The van der Waals surface area contributed by atoms with Crippen LogP contribution in [0.4, 0.5) is 10.1 Å². The van der Waals surface area contributed by atoms with E-state index in [0.717, 1.165) is 5.69 Å². The van der Waals surface area contributed by atoms with Gasteiger partial charge in [-0.25, -0.2) is 4.39 Å². The predicted octanol–water partition coefficient (Wildman–Crippen LogP) is 0.608. The van der Waals surface area contributed by atoms with E-state index >= 15 is 0 Å². The van der Waals surface area contributed by atoms with Gasteiger partial charge in [0.25, 0.3) is 5.91 Å². The molecule has 1 heterocycles. The molecule has 1 amide bonds. The Morgan fingerprint density at radius 2 is 2.20 bits per heavy atom. The molecule has 1 fully saturated rings. The third-order valence-electron chi connectivity index (χ3n) is 3.49. The number of anilines is 1. The first-order valence-corrected chi connectivity index (χ1v) is 6.54. The number of hydrogen-bond donors (Lipinski definition) is 2. The third kappa shape index (κ3) is 3.08. The van der Waals surface area contributed by atoms with Gasteiger partial charge in [0.2, 0.25) is 0 Å². The lowest BCUT2D eigenvalue weighted by atomic mass is 10.1. The van der Waals surface area contributed by atoms with E-state index in [1.54, 1.807) is 18.1 Å². The molecule has 1 aromatic carbocycles. The van der Waals surface area contributed by atoms with Crippen LogP contribution >= 0.6 is 0 Å². The number of carbonyl (C=O) groups excluding carboxylic acids is 1. The molecule has 20 heavy (non-hydrogen) atoms. The number of benzene rings is 1. The van der Waals surface area contributed by atoms with Crippen molar-refractivity contribution in [3.63, 3.8) is 0 Å². The van der Waals surface area contributed by atoms with Crippen LogP contribution in [0.1, 0.15) is 10.4 Å². The molecule has 1 saturated heterocycles. The lowest BCUT2D eigenvalue weighted by molar-refractivity contribution is 0.0777. The van der Waals surface area contributed by atoms with Crippen molar-refractivity contribution >= 4 is 11.6 Å². The van der Waals surface area contributed by atoms with Crippen LogP contribution in [0.3, 0.4) is 0 Å². The topological polar surface area (TPSA) is 53.6 Å². The first-order chi connectivity index (χ1) is 9.52. The lowest BCUT2D eigenvalue weighted by Gasteiger charge is -2.19. The van der Waals surface area contributed by atoms with Gasteiger partial charge in [-0.15, -0.1) is 0 Å². The molecule has 1 aliphatic rings. The number of nitrogens with one attached hydrogen (secondary N) is 2. The second-order valence-electron chi connectivity index (χ2n) is 5.07. The Balaban J connectivity index is 2.09. The number of nitrogens with zero attached hydrogens (tertiary/aromatic N) is 1. The zero-order valence-electron chi connectivity index (χ0n) is 11.9. The van der Waals surface area contributed by atoms with Crippen molar-refractivity contribution in [3.05, 3.63) is 29.6 Å². The maximum absolute atomic E-state index is 14.0. The van der Waals surface area contributed by atoms with Gasteiger partial charge in [-0.3, -0.25) is 4.79 Å². The second-order valence-corrected chi connectivity index (χ2v) is 5.07. The molecular weight excluding hydrogens is 261 g/mol. The van der Waals surface area contributed by atoms with Crippen LogP contribution in [0.2, 0.25) is 0 Å². The molecule has 0 spiro atoms. The average Bonchev–Trinajstić information content (AvgIpc) is 2.85. The second kappa shape index (κ2) is 6.19. The summed E-state index contributed by atoms with van der Waals surface area (Å²) in [6, 6.07) is 4.44. The fourth-order valence-corrected chi connectivity index (χ4v) is 2.26. The fourth-order valence-electron chi connectivity index (χ4n) is 2.26. The van der Waals surface area contributed by atoms with Crippen LogP contribution in [0.25, 0.3) is 0 Å². The largest absolute Gasteiger partial charge is 0.378 e. The summed E-state index contributed by atoms with van der Waals surface area (Å²) in [6.07, 6.45) is -0.0805. The highest BCUT2D eigenvalue weighted by atomic mass is 19.1. The van der Waals surface area contributed by atoms with E-state index in [9.17, 15) is 9.18 Å². The van der Waals surface area contributed by atoms with Gasteiger partial charge in [0, 0.05) is 40.0 Å². The molecule has 0 bridgehead atoms. The smallest absolute Gasteiger partial charge is 0.254 e. The summed E-state index contributed by atoms with van der Waals surface area (Å²) in [4.78, 5) is 13.9. The summed E-state index contributed by atoms with van der Waals surface area (Å²) < 4.78 is 19.2. The Morgan fingerprint density at radius 3 is 2.80 bits per heavy atom. The van der Waals surface area contributed by atoms with Crippen molar-refractivity contribution in [3.8, 4) is 0 Å². The summed E-state index contributed by atoms with van der Waals surface area (Å²) in [5, 5.41) is 5.93. The number of rotatable bonds is 4. The van der Waals surface area contributed by atoms with Gasteiger partial charge in [-0.2, -0.15) is 0 Å². The van der Waals surface area contributed by atoms with Gasteiger partial charge in [-0.05, 0) is 18.2 Å². The summed E-state index contributed by atoms with van der Waals surface area (Å²) in [6.45, 7) is 1.31. The minimum absolute atomic E-state index is 0.0531. The molecule has 2 atom stereocenters. The molecule has 1 aromatic rings. The van der Waals surface area contributed by atoms with Gasteiger partial charge in [0.1, 0.15) is 5.82 Å². The minimum Gasteiger partial charge on any atom is -0.378 e. The van der Waals surface area contributed by atoms with Crippen molar-refractivity contribution in [1.29, 1.82) is 0 Å². The van der Waals surface area contributed by atoms with Crippen LogP contribution in [0, 0.1) is 5.82 Å². The number of halogens is 1. The molecule has 1 aliphatic heterocycles. The SMILES string of the molecule is COC1CNCC1NC(=O)c1ccc(N(C)C)cc1F. The number of carbonyl (C=O) groups is 1. The Bertz CT molecular complexity index is 493. The lowest BCUT2D eigenvalue weighted by Crippen LogP contribution is -2.43. The van der Waals surface area contributed by atoms with Crippen LogP contribution in [-0.4, -0.2) is 52.3 Å². The van der Waals surface area contributed by atoms with E-state index in [1.807, 2.05) is 14.1 Å². The molecule has 2 N–H and O–H groups in total. The van der Waals surface area contributed by atoms with E-state index in [4.69, 9.17) is 4.74 Å². The summed E-state index contributed by atoms with van der Waals surface area (Å²) in [5.41, 5.74) is 0.772. The molecule has 0 aromatic heterocycles. The molecule has 0 aliphatic carbocycles. The highest BCUT2D eigenvalue weighted by Crippen LogP contribution is 2.17.